The van der Waals surface area contributed by atoms with E-state index in [1.54, 1.807) is 0 Å². The molecule has 2 aromatic carbocycles. The first-order valence-corrected chi connectivity index (χ1v) is 9.92. The van der Waals surface area contributed by atoms with Crippen molar-refractivity contribution in [2.75, 3.05) is 19.8 Å². The van der Waals surface area contributed by atoms with Gasteiger partial charge in [-0.3, -0.25) is 4.79 Å². The van der Waals surface area contributed by atoms with E-state index in [0.717, 1.165) is 30.3 Å². The summed E-state index contributed by atoms with van der Waals surface area (Å²) in [6, 6.07) is 6.29. The number of benzene rings is 2. The van der Waals surface area contributed by atoms with Crippen molar-refractivity contribution >= 4 is 40.7 Å². The average Bonchev–Trinajstić information content (AvgIpc) is 2.68. The van der Waals surface area contributed by atoms with Crippen molar-refractivity contribution in [2.24, 2.45) is 0 Å². The summed E-state index contributed by atoms with van der Waals surface area (Å²) >= 11 is 16.9. The lowest BCUT2D eigenvalue weighted by molar-refractivity contribution is -0.137. The summed E-state index contributed by atoms with van der Waals surface area (Å²) in [4.78, 5) is 12.0. The van der Waals surface area contributed by atoms with Crippen LogP contribution in [0.25, 0.3) is 0 Å². The molecule has 2 aromatic rings. The molecule has 0 atom stereocenters. The van der Waals surface area contributed by atoms with Gasteiger partial charge in [0.05, 0.1) is 17.2 Å². The lowest BCUT2D eigenvalue weighted by atomic mass is 10.1. The number of alkyl halides is 3. The molecule has 11 heteroatoms. The third-order valence-corrected chi connectivity index (χ3v) is 4.38. The highest BCUT2D eigenvalue weighted by Crippen LogP contribution is 2.32. The van der Waals surface area contributed by atoms with Gasteiger partial charge in [-0.15, -0.1) is 0 Å². The lowest BCUT2D eigenvalue weighted by Gasteiger charge is -2.12. The average molecular weight is 501 g/mol. The highest BCUT2D eigenvalue weighted by molar-refractivity contribution is 6.55. The number of halogens is 7. The molecule has 0 unspecified atom stereocenters. The summed E-state index contributed by atoms with van der Waals surface area (Å²) in [5, 5.41) is 2.53. The van der Waals surface area contributed by atoms with Crippen LogP contribution in [0.5, 0.6) is 11.5 Å². The standard InChI is InChI=1S/C20H16Cl3F4NO3/c21-15-10-14(30-9-6-17(22)23)11-16(24)18(15)31-8-1-7-28-19(29)12-2-4-13(5-3-12)20(25,26)27/h2-6,10-11H,1,7-9H2,(H,28,29). The summed E-state index contributed by atoms with van der Waals surface area (Å²) in [5.41, 5.74) is -0.754. The van der Waals surface area contributed by atoms with Gasteiger partial charge in [-0.05, 0) is 36.8 Å². The number of carbonyl (C=O) groups is 1. The minimum Gasteiger partial charge on any atom is -0.489 e. The molecule has 0 heterocycles. The van der Waals surface area contributed by atoms with Gasteiger partial charge in [-0.25, -0.2) is 4.39 Å². The van der Waals surface area contributed by atoms with Gasteiger partial charge in [0, 0.05) is 24.2 Å². The SMILES string of the molecule is O=C(NCCCOc1c(F)cc(OCC=C(Cl)Cl)cc1Cl)c1ccc(C(F)(F)F)cc1. The molecule has 1 amide bonds. The van der Waals surface area contributed by atoms with Crippen molar-refractivity contribution in [2.45, 2.75) is 12.6 Å². The molecule has 0 bridgehead atoms. The van der Waals surface area contributed by atoms with Gasteiger partial charge in [0.15, 0.2) is 11.6 Å². The van der Waals surface area contributed by atoms with Gasteiger partial charge in [0.25, 0.3) is 5.91 Å². The van der Waals surface area contributed by atoms with Crippen LogP contribution in [-0.2, 0) is 6.18 Å². The van der Waals surface area contributed by atoms with E-state index in [2.05, 4.69) is 5.32 Å². The van der Waals surface area contributed by atoms with Crippen molar-refractivity contribution in [1.82, 2.24) is 5.32 Å². The first-order chi connectivity index (χ1) is 14.6. The molecular weight excluding hydrogens is 485 g/mol. The molecule has 0 saturated heterocycles. The number of ether oxygens (including phenoxy) is 2. The number of nitrogens with one attached hydrogen (secondary N) is 1. The summed E-state index contributed by atoms with van der Waals surface area (Å²) in [6.45, 7) is 0.220. The lowest BCUT2D eigenvalue weighted by Crippen LogP contribution is -2.25. The van der Waals surface area contributed by atoms with Crippen LogP contribution in [0.2, 0.25) is 5.02 Å². The Morgan fingerprint density at radius 1 is 1.10 bits per heavy atom. The number of hydrogen-bond donors (Lipinski definition) is 1. The fraction of sp³-hybridized carbons (Fsp3) is 0.250. The minimum absolute atomic E-state index is 0.00950. The van der Waals surface area contributed by atoms with Crippen LogP contribution in [0.4, 0.5) is 17.6 Å². The highest BCUT2D eigenvalue weighted by Gasteiger charge is 2.30. The largest absolute Gasteiger partial charge is 0.489 e. The Kier molecular flexibility index (Phi) is 9.28. The zero-order chi connectivity index (χ0) is 23.0. The fourth-order valence-corrected chi connectivity index (χ4v) is 2.70. The summed E-state index contributed by atoms with van der Waals surface area (Å²) in [6.07, 6.45) is -2.79. The predicted molar refractivity (Wildman–Crippen MR) is 111 cm³/mol. The maximum Gasteiger partial charge on any atom is 0.416 e. The molecule has 0 aliphatic carbocycles. The second-order valence-corrected chi connectivity index (χ2v) is 7.47. The molecule has 0 radical (unpaired) electrons. The van der Waals surface area contributed by atoms with Gasteiger partial charge >= 0.3 is 6.18 Å². The Morgan fingerprint density at radius 2 is 1.77 bits per heavy atom. The molecule has 2 rings (SSSR count). The van der Waals surface area contributed by atoms with E-state index in [-0.39, 0.29) is 46.3 Å². The number of amides is 1. The van der Waals surface area contributed by atoms with E-state index in [9.17, 15) is 22.4 Å². The molecule has 1 N–H and O–H groups in total. The third kappa shape index (κ3) is 8.12. The zero-order valence-corrected chi connectivity index (χ0v) is 18.0. The normalized spacial score (nSPS) is 11.1. The van der Waals surface area contributed by atoms with Crippen LogP contribution in [0.15, 0.2) is 47.0 Å². The minimum atomic E-state index is -4.47. The smallest absolute Gasteiger partial charge is 0.416 e. The van der Waals surface area contributed by atoms with E-state index in [4.69, 9.17) is 44.3 Å². The summed E-state index contributed by atoms with van der Waals surface area (Å²) in [5.74, 6) is -1.29. The van der Waals surface area contributed by atoms with Crippen molar-refractivity contribution in [3.8, 4) is 11.5 Å². The van der Waals surface area contributed by atoms with Crippen LogP contribution in [-0.4, -0.2) is 25.7 Å². The van der Waals surface area contributed by atoms with E-state index in [0.29, 0.717) is 6.42 Å². The van der Waals surface area contributed by atoms with Crippen LogP contribution in [0, 0.1) is 5.82 Å². The van der Waals surface area contributed by atoms with Gasteiger partial charge < -0.3 is 14.8 Å². The molecule has 0 aliphatic heterocycles. The predicted octanol–water partition coefficient (Wildman–Crippen LogP) is 6.39. The van der Waals surface area contributed by atoms with Crippen LogP contribution < -0.4 is 14.8 Å². The van der Waals surface area contributed by atoms with Crippen molar-refractivity contribution in [1.29, 1.82) is 0 Å². The number of carbonyl (C=O) groups excluding carboxylic acids is 1. The maximum absolute atomic E-state index is 14.2. The molecule has 0 fully saturated rings. The van der Waals surface area contributed by atoms with Gasteiger partial charge in [-0.1, -0.05) is 34.8 Å². The first-order valence-electron chi connectivity index (χ1n) is 8.79. The first kappa shape index (κ1) is 25.1. The second-order valence-electron chi connectivity index (χ2n) is 6.05. The molecule has 0 aromatic heterocycles. The molecule has 0 spiro atoms. The van der Waals surface area contributed by atoms with E-state index < -0.39 is 23.5 Å². The number of rotatable bonds is 9. The maximum atomic E-state index is 14.2. The van der Waals surface area contributed by atoms with Gasteiger partial charge in [0.2, 0.25) is 0 Å². The molecule has 168 valence electrons. The molecule has 4 nitrogen and oxygen atoms in total. The van der Waals surface area contributed by atoms with E-state index >= 15 is 0 Å². The van der Waals surface area contributed by atoms with Crippen molar-refractivity contribution in [3.05, 3.63) is 68.9 Å². The van der Waals surface area contributed by atoms with Crippen molar-refractivity contribution < 1.29 is 31.8 Å². The Hall–Kier alpha value is -2.16. The number of hydrogen-bond acceptors (Lipinski definition) is 3. The summed E-state index contributed by atoms with van der Waals surface area (Å²) < 4.78 is 62.3. The quantitative estimate of drug-likeness (QED) is 0.320. The van der Waals surface area contributed by atoms with Crippen LogP contribution in [0.1, 0.15) is 22.3 Å². The van der Waals surface area contributed by atoms with E-state index in [1.807, 2.05) is 0 Å². The Balaban J connectivity index is 1.79. The molecule has 31 heavy (non-hydrogen) atoms. The molecular formula is C20H16Cl3F4NO3. The van der Waals surface area contributed by atoms with Gasteiger partial charge in [0.1, 0.15) is 16.8 Å². The van der Waals surface area contributed by atoms with E-state index in [1.165, 1.54) is 12.1 Å². The molecule has 0 aliphatic rings. The van der Waals surface area contributed by atoms with Crippen LogP contribution in [0.3, 0.4) is 0 Å². The molecule has 0 saturated carbocycles. The third-order valence-electron chi connectivity index (χ3n) is 3.79. The Morgan fingerprint density at radius 3 is 2.35 bits per heavy atom. The second kappa shape index (κ2) is 11.5. The fourth-order valence-electron chi connectivity index (χ4n) is 2.32. The Labute approximate surface area is 190 Å². The highest BCUT2D eigenvalue weighted by atomic mass is 35.5. The topological polar surface area (TPSA) is 47.6 Å². The van der Waals surface area contributed by atoms with Gasteiger partial charge in [-0.2, -0.15) is 13.2 Å². The van der Waals surface area contributed by atoms with Crippen molar-refractivity contribution in [3.63, 3.8) is 0 Å². The summed E-state index contributed by atoms with van der Waals surface area (Å²) in [7, 11) is 0. The zero-order valence-electron chi connectivity index (χ0n) is 15.7. The monoisotopic (exact) mass is 499 g/mol. The Bertz CT molecular complexity index is 907. The van der Waals surface area contributed by atoms with Crippen LogP contribution >= 0.6 is 34.8 Å².